The standard InChI is InChI=1S/C97H175NO18/c1-3-5-7-9-11-13-15-17-19-21-23-25-27-29-31-33-35-37-38-39-40-41-42-43-45-47-49-51-53-55-57-59-61-63-65-67-69-71-73-75-85(103)98-80(81(102)74-72-70-68-66-64-62-60-58-56-54-52-50-48-46-44-36-34-32-30-28-26-24-22-20-18-16-14-12-10-8-6-4-2)79-111-95-91(109)88(106)93(83(77-100)113-95)116-97-92(110)89(107)94(84(78-101)114-97)115-96-90(108)87(105)86(104)82(76-99)112-96/h5,7,11,13,17,19,23,25,29,31,64,66,72,74,80-84,86-97,99-102,104-110H,3-4,6,8-10,12,14-16,18,20-22,24,26-28,30,32-63,65,67-71,73,75-79H2,1-2H3,(H,98,103)/b7-5-,13-11-,19-17-,25-23-,31-29-,66-64+,74-72+. The van der Waals surface area contributed by atoms with Crippen LogP contribution in [0.4, 0.5) is 0 Å². The van der Waals surface area contributed by atoms with E-state index in [4.69, 9.17) is 28.4 Å². The number of hydrogen-bond acceptors (Lipinski definition) is 18. The van der Waals surface area contributed by atoms with Crippen molar-refractivity contribution in [1.29, 1.82) is 0 Å². The quantitative estimate of drug-likeness (QED) is 0.0199. The van der Waals surface area contributed by atoms with Crippen LogP contribution >= 0.6 is 0 Å². The summed E-state index contributed by atoms with van der Waals surface area (Å²) >= 11 is 0. The number of amides is 1. The molecule has 0 aliphatic carbocycles. The van der Waals surface area contributed by atoms with E-state index >= 15 is 0 Å². The minimum Gasteiger partial charge on any atom is -0.394 e. The molecular formula is C97H175NO18. The smallest absolute Gasteiger partial charge is 0.220 e. The van der Waals surface area contributed by atoms with Crippen molar-refractivity contribution in [3.8, 4) is 0 Å². The van der Waals surface area contributed by atoms with Gasteiger partial charge in [-0.1, -0.05) is 394 Å². The number of allylic oxidation sites excluding steroid dienone is 13. The zero-order chi connectivity index (χ0) is 83.8. The molecule has 1 amide bonds. The van der Waals surface area contributed by atoms with Gasteiger partial charge >= 0.3 is 0 Å². The largest absolute Gasteiger partial charge is 0.394 e. The zero-order valence-electron chi connectivity index (χ0n) is 73.2. The average molecular weight is 1640 g/mol. The topological polar surface area (TPSA) is 307 Å². The highest BCUT2D eigenvalue weighted by Crippen LogP contribution is 2.34. The third-order valence-electron chi connectivity index (χ3n) is 23.4. The minimum absolute atomic E-state index is 0.237. The minimum atomic E-state index is -1.98. The van der Waals surface area contributed by atoms with Crippen molar-refractivity contribution in [1.82, 2.24) is 5.32 Å². The van der Waals surface area contributed by atoms with Gasteiger partial charge in [-0.3, -0.25) is 4.79 Å². The number of carbonyl (C=O) groups excluding carboxylic acids is 1. The molecule has 116 heavy (non-hydrogen) atoms. The van der Waals surface area contributed by atoms with E-state index in [1.807, 2.05) is 6.08 Å². The first-order valence-electron chi connectivity index (χ1n) is 47.8. The normalized spacial score (nSPS) is 24.9. The van der Waals surface area contributed by atoms with E-state index in [1.54, 1.807) is 6.08 Å². The Hall–Kier alpha value is -3.03. The molecule has 12 N–H and O–H groups in total. The third-order valence-corrected chi connectivity index (χ3v) is 23.4. The molecule has 3 saturated heterocycles. The molecule has 3 aliphatic rings. The van der Waals surface area contributed by atoms with Crippen LogP contribution in [0.25, 0.3) is 0 Å². The molecule has 0 radical (unpaired) electrons. The van der Waals surface area contributed by atoms with Crippen LogP contribution in [0.5, 0.6) is 0 Å². The van der Waals surface area contributed by atoms with Crippen LogP contribution in [-0.2, 0) is 33.2 Å². The maximum Gasteiger partial charge on any atom is 0.220 e. The summed E-state index contributed by atoms with van der Waals surface area (Å²) < 4.78 is 34.5. The molecule has 0 bridgehead atoms. The second kappa shape index (κ2) is 75.7. The van der Waals surface area contributed by atoms with Crippen LogP contribution in [0.1, 0.15) is 393 Å². The van der Waals surface area contributed by atoms with E-state index in [0.717, 1.165) is 70.6 Å². The molecule has 3 fully saturated rings. The van der Waals surface area contributed by atoms with Crippen LogP contribution < -0.4 is 5.32 Å². The summed E-state index contributed by atoms with van der Waals surface area (Å²) in [5.41, 5.74) is 0. The summed E-state index contributed by atoms with van der Waals surface area (Å²) in [5, 5.41) is 121. The van der Waals surface area contributed by atoms with Crippen molar-refractivity contribution < 1.29 is 89.4 Å². The lowest BCUT2D eigenvalue weighted by Crippen LogP contribution is -2.66. The SMILES string of the molecule is CC/C=C\C/C=C\C/C=C\C/C=C\C/C=C\CCCCCCCCCCCCCCCCCCCCCCCCCC(=O)NC(COC1OC(CO)C(OC2OC(CO)C(OC3OC(CO)C(O)C(O)C3O)C(O)C2O)C(O)C1O)C(O)/C=C/CC/C=C/CCCCCCCCCCCCCCCCCCCCCCCCCCCC. The first-order valence-corrected chi connectivity index (χ1v) is 47.8. The second-order valence-corrected chi connectivity index (χ2v) is 33.8. The first-order chi connectivity index (χ1) is 56.8. The van der Waals surface area contributed by atoms with Gasteiger partial charge in [0.2, 0.25) is 5.91 Å². The van der Waals surface area contributed by atoms with Crippen LogP contribution in [0, 0.1) is 0 Å². The predicted octanol–water partition coefficient (Wildman–Crippen LogP) is 19.2. The lowest BCUT2D eigenvalue weighted by molar-refractivity contribution is -0.379. The summed E-state index contributed by atoms with van der Waals surface area (Å²) in [4.78, 5) is 13.5. The fraction of sp³-hybridized carbons (Fsp3) is 0.845. The van der Waals surface area contributed by atoms with E-state index in [2.05, 4.69) is 92.1 Å². The highest BCUT2D eigenvalue weighted by atomic mass is 16.8. The Kier molecular flexibility index (Phi) is 69.9. The van der Waals surface area contributed by atoms with E-state index in [1.165, 1.54) is 289 Å². The lowest BCUT2D eigenvalue weighted by atomic mass is 9.96. The van der Waals surface area contributed by atoms with Gasteiger partial charge in [0.25, 0.3) is 0 Å². The number of rotatable bonds is 78. The highest BCUT2D eigenvalue weighted by molar-refractivity contribution is 5.76. The Morgan fingerprint density at radius 2 is 0.603 bits per heavy atom. The predicted molar refractivity (Wildman–Crippen MR) is 471 cm³/mol. The van der Waals surface area contributed by atoms with Crippen molar-refractivity contribution >= 4 is 5.91 Å². The zero-order valence-corrected chi connectivity index (χ0v) is 73.2. The number of nitrogens with one attached hydrogen (secondary N) is 1. The molecule has 0 saturated carbocycles. The molecule has 0 spiro atoms. The fourth-order valence-corrected chi connectivity index (χ4v) is 15.9. The van der Waals surface area contributed by atoms with Crippen molar-refractivity contribution in [2.45, 2.75) is 497 Å². The van der Waals surface area contributed by atoms with E-state index in [0.29, 0.717) is 12.8 Å². The molecule has 3 heterocycles. The van der Waals surface area contributed by atoms with Crippen molar-refractivity contribution in [3.63, 3.8) is 0 Å². The Labute approximate surface area is 705 Å². The molecule has 0 aromatic carbocycles. The summed E-state index contributed by atoms with van der Waals surface area (Å²) in [6.45, 7) is 1.66. The van der Waals surface area contributed by atoms with Gasteiger partial charge < -0.3 is 89.9 Å². The third kappa shape index (κ3) is 53.1. The summed E-state index contributed by atoms with van der Waals surface area (Å²) in [6, 6.07) is -0.994. The Balaban J connectivity index is 1.30. The highest BCUT2D eigenvalue weighted by Gasteiger charge is 2.54. The van der Waals surface area contributed by atoms with Gasteiger partial charge in [-0.05, 0) is 77.0 Å². The molecule has 17 atom stereocenters. The van der Waals surface area contributed by atoms with E-state index < -0.39 is 124 Å². The molecule has 676 valence electrons. The summed E-state index contributed by atoms with van der Waals surface area (Å²) in [5.74, 6) is -0.279. The van der Waals surface area contributed by atoms with Crippen LogP contribution in [0.3, 0.4) is 0 Å². The molecular weight excluding hydrogens is 1470 g/mol. The maximum atomic E-state index is 13.5. The lowest BCUT2D eigenvalue weighted by Gasteiger charge is -2.48. The van der Waals surface area contributed by atoms with Gasteiger partial charge in [0.1, 0.15) is 73.2 Å². The molecule has 0 aromatic rings. The Bertz CT molecular complexity index is 2420. The van der Waals surface area contributed by atoms with E-state index in [9.17, 15) is 61.0 Å². The van der Waals surface area contributed by atoms with E-state index in [-0.39, 0.29) is 18.9 Å². The second-order valence-electron chi connectivity index (χ2n) is 33.8. The molecule has 3 aliphatic heterocycles. The van der Waals surface area contributed by atoms with Gasteiger partial charge in [0.05, 0.1) is 38.6 Å². The van der Waals surface area contributed by atoms with Crippen molar-refractivity contribution in [2.75, 3.05) is 26.4 Å². The Morgan fingerprint density at radius 3 is 0.966 bits per heavy atom. The molecule has 3 rings (SSSR count). The number of unbranched alkanes of at least 4 members (excludes halogenated alkanes) is 50. The first kappa shape index (κ1) is 107. The summed E-state index contributed by atoms with van der Waals surface area (Å²) in [7, 11) is 0. The number of aliphatic hydroxyl groups excluding tert-OH is 11. The van der Waals surface area contributed by atoms with Crippen molar-refractivity contribution in [3.05, 3.63) is 85.1 Å². The van der Waals surface area contributed by atoms with Crippen LogP contribution in [0.2, 0.25) is 0 Å². The van der Waals surface area contributed by atoms with Gasteiger partial charge in [-0.2, -0.15) is 0 Å². The van der Waals surface area contributed by atoms with Crippen molar-refractivity contribution in [2.24, 2.45) is 0 Å². The number of ether oxygens (including phenoxy) is 6. The van der Waals surface area contributed by atoms with Gasteiger partial charge in [-0.15, -0.1) is 0 Å². The molecule has 17 unspecified atom stereocenters. The number of hydrogen-bond donors (Lipinski definition) is 12. The summed E-state index contributed by atoms with van der Waals surface area (Å²) in [6.07, 6.45) is 77.6. The average Bonchev–Trinajstić information content (AvgIpc) is 0.779. The Morgan fingerprint density at radius 1 is 0.319 bits per heavy atom. The number of aliphatic hydroxyl groups is 11. The molecule has 19 nitrogen and oxygen atoms in total. The van der Waals surface area contributed by atoms with Crippen LogP contribution in [-0.4, -0.2) is 193 Å². The monoisotopic (exact) mass is 1640 g/mol. The maximum absolute atomic E-state index is 13.5. The fourth-order valence-electron chi connectivity index (χ4n) is 15.9. The van der Waals surface area contributed by atoms with Gasteiger partial charge in [-0.25, -0.2) is 0 Å². The van der Waals surface area contributed by atoms with Crippen LogP contribution in [0.15, 0.2) is 85.1 Å². The van der Waals surface area contributed by atoms with Gasteiger partial charge in [0, 0.05) is 6.42 Å². The molecule has 0 aromatic heterocycles. The number of carbonyl (C=O) groups is 1. The molecule has 19 heteroatoms. The van der Waals surface area contributed by atoms with Gasteiger partial charge in [0.15, 0.2) is 18.9 Å².